The lowest BCUT2D eigenvalue weighted by Gasteiger charge is -2.58. The maximum absolute atomic E-state index is 13.2. The average molecular weight is 399 g/mol. The van der Waals surface area contributed by atoms with Crippen LogP contribution in [0.4, 0.5) is 0 Å². The van der Waals surface area contributed by atoms with Crippen LogP contribution in [-0.4, -0.2) is 23.1 Å². The molecule has 0 amide bonds. The van der Waals surface area contributed by atoms with E-state index in [1.807, 2.05) is 13.0 Å². The molecule has 0 N–H and O–H groups in total. The van der Waals surface area contributed by atoms with E-state index >= 15 is 0 Å². The molecule has 4 aliphatic rings. The summed E-state index contributed by atoms with van der Waals surface area (Å²) in [5.74, 6) is 1.31. The van der Waals surface area contributed by atoms with Crippen molar-refractivity contribution < 1.29 is 19.1 Å². The predicted molar refractivity (Wildman–Crippen MR) is 111 cm³/mol. The Morgan fingerprint density at radius 3 is 2.48 bits per heavy atom. The van der Waals surface area contributed by atoms with Crippen LogP contribution in [0.3, 0.4) is 0 Å². The summed E-state index contributed by atoms with van der Waals surface area (Å²) >= 11 is 0. The molecule has 3 fully saturated rings. The number of hydrogen-bond donors (Lipinski definition) is 0. The molecule has 158 valence electrons. The number of Topliss-reactive ketones (excluding diaryl/α,β-unsaturated/α-hetero) is 1. The van der Waals surface area contributed by atoms with Gasteiger partial charge in [-0.3, -0.25) is 14.4 Å². The highest BCUT2D eigenvalue weighted by molar-refractivity contribution is 6.01. The van der Waals surface area contributed by atoms with Gasteiger partial charge < -0.3 is 4.74 Å². The first-order valence-electron chi connectivity index (χ1n) is 11.4. The molecule has 0 unspecified atom stereocenters. The lowest BCUT2D eigenvalue weighted by Crippen LogP contribution is -2.58. The lowest BCUT2D eigenvalue weighted by molar-refractivity contribution is -0.189. The second kappa shape index (κ2) is 6.92. The molecule has 4 aliphatic carbocycles. The zero-order chi connectivity index (χ0) is 21.0. The number of carbonyl (C=O) groups excluding carboxylic acids is 3. The summed E-state index contributed by atoms with van der Waals surface area (Å²) in [5, 5.41) is 0. The van der Waals surface area contributed by atoms with Gasteiger partial charge in [0.2, 0.25) is 0 Å². The van der Waals surface area contributed by atoms with Gasteiger partial charge in [0.15, 0.2) is 17.2 Å². The third-order valence-corrected chi connectivity index (χ3v) is 9.02. The highest BCUT2D eigenvalue weighted by atomic mass is 16.6. The van der Waals surface area contributed by atoms with Gasteiger partial charge >= 0.3 is 5.97 Å². The SMILES string of the molecule is CCC(=O)O[C@]1(C(=O)CC)CC[C@H]2[C@@H]3CCC4=CC(=O)C=C[C@]4(C)[C@H]3CC[C@@]21C. The maximum atomic E-state index is 13.2. The van der Waals surface area contributed by atoms with E-state index in [4.69, 9.17) is 4.74 Å². The van der Waals surface area contributed by atoms with Crippen LogP contribution in [0.15, 0.2) is 23.8 Å². The summed E-state index contributed by atoms with van der Waals surface area (Å²) in [4.78, 5) is 37.5. The van der Waals surface area contributed by atoms with Crippen LogP contribution in [0.5, 0.6) is 0 Å². The Kier molecular flexibility index (Phi) is 4.91. The van der Waals surface area contributed by atoms with E-state index in [2.05, 4.69) is 19.9 Å². The third kappa shape index (κ3) is 2.74. The van der Waals surface area contributed by atoms with Crippen molar-refractivity contribution in [3.05, 3.63) is 23.8 Å². The Balaban J connectivity index is 1.70. The van der Waals surface area contributed by atoms with Crippen molar-refractivity contribution in [2.75, 3.05) is 0 Å². The monoisotopic (exact) mass is 398 g/mol. The van der Waals surface area contributed by atoms with Crippen LogP contribution in [0, 0.1) is 28.6 Å². The quantitative estimate of drug-likeness (QED) is 0.628. The van der Waals surface area contributed by atoms with Gasteiger partial charge in [0, 0.05) is 23.7 Å². The van der Waals surface area contributed by atoms with Crippen molar-refractivity contribution in [1.29, 1.82) is 0 Å². The van der Waals surface area contributed by atoms with Gasteiger partial charge in [0.05, 0.1) is 0 Å². The van der Waals surface area contributed by atoms with Crippen LogP contribution in [0.1, 0.15) is 79.1 Å². The minimum absolute atomic E-state index is 0.0573. The number of carbonyl (C=O) groups is 3. The minimum Gasteiger partial charge on any atom is -0.450 e. The molecule has 3 saturated carbocycles. The van der Waals surface area contributed by atoms with Crippen LogP contribution < -0.4 is 0 Å². The van der Waals surface area contributed by atoms with Crippen molar-refractivity contribution in [3.8, 4) is 0 Å². The smallest absolute Gasteiger partial charge is 0.306 e. The molecular weight excluding hydrogens is 364 g/mol. The summed E-state index contributed by atoms with van der Waals surface area (Å²) in [6, 6.07) is 0. The van der Waals surface area contributed by atoms with E-state index in [1.165, 1.54) is 5.57 Å². The molecule has 0 radical (unpaired) electrons. The predicted octanol–water partition coefficient (Wildman–Crippen LogP) is 4.97. The number of allylic oxidation sites excluding steroid dienone is 4. The Bertz CT molecular complexity index is 808. The van der Waals surface area contributed by atoms with Crippen molar-refractivity contribution in [2.45, 2.75) is 84.7 Å². The minimum atomic E-state index is -0.958. The molecule has 29 heavy (non-hydrogen) atoms. The normalized spacial score (nSPS) is 43.1. The largest absolute Gasteiger partial charge is 0.450 e. The van der Waals surface area contributed by atoms with Crippen molar-refractivity contribution >= 4 is 17.5 Å². The highest BCUT2D eigenvalue weighted by Crippen LogP contribution is 2.68. The molecule has 4 rings (SSSR count). The third-order valence-electron chi connectivity index (χ3n) is 9.02. The van der Waals surface area contributed by atoms with Crippen LogP contribution in [-0.2, 0) is 19.1 Å². The Labute approximate surface area is 174 Å². The van der Waals surface area contributed by atoms with E-state index in [-0.39, 0.29) is 28.4 Å². The van der Waals surface area contributed by atoms with E-state index in [9.17, 15) is 14.4 Å². The van der Waals surface area contributed by atoms with Gasteiger partial charge in [-0.05, 0) is 68.4 Å². The number of ether oxygens (including phenoxy) is 1. The van der Waals surface area contributed by atoms with Crippen LogP contribution in [0.2, 0.25) is 0 Å². The number of esters is 1. The summed E-state index contributed by atoms with van der Waals surface area (Å²) < 4.78 is 6.04. The van der Waals surface area contributed by atoms with Gasteiger partial charge in [-0.1, -0.05) is 39.3 Å². The van der Waals surface area contributed by atoms with Gasteiger partial charge in [-0.15, -0.1) is 0 Å². The van der Waals surface area contributed by atoms with Crippen molar-refractivity contribution in [3.63, 3.8) is 0 Å². The summed E-state index contributed by atoms with van der Waals surface area (Å²) in [7, 11) is 0. The van der Waals surface area contributed by atoms with E-state index in [0.29, 0.717) is 37.0 Å². The number of fused-ring (bicyclic) bond motifs is 5. The zero-order valence-corrected chi connectivity index (χ0v) is 18.3. The zero-order valence-electron chi connectivity index (χ0n) is 18.3. The molecule has 0 spiro atoms. The Morgan fingerprint density at radius 2 is 1.79 bits per heavy atom. The standard InChI is InChI=1S/C25H34O4/c1-5-21(27)25(29-22(28)6-2)14-11-20-18-8-7-16-15-17(26)9-12-23(16,3)19(18)10-13-24(20,25)4/h9,12,15,18-20H,5-8,10-11,13-14H2,1-4H3/t18-,19+,20+,23+,24+,25+/m1/s1. The Hall–Kier alpha value is -1.71. The summed E-state index contributed by atoms with van der Waals surface area (Å²) in [6.07, 6.45) is 11.9. The molecule has 0 heterocycles. The summed E-state index contributed by atoms with van der Waals surface area (Å²) in [6.45, 7) is 8.18. The first-order chi connectivity index (χ1) is 13.7. The van der Waals surface area contributed by atoms with E-state index in [0.717, 1.165) is 32.1 Å². The molecule has 0 aromatic heterocycles. The molecule has 6 atom stereocenters. The van der Waals surface area contributed by atoms with Crippen LogP contribution in [0.25, 0.3) is 0 Å². The second-order valence-electron chi connectivity index (χ2n) is 10.0. The molecule has 0 aromatic carbocycles. The maximum Gasteiger partial charge on any atom is 0.306 e. The van der Waals surface area contributed by atoms with Gasteiger partial charge in [0.1, 0.15) is 0 Å². The number of ketones is 2. The topological polar surface area (TPSA) is 60.4 Å². The fourth-order valence-corrected chi connectivity index (χ4v) is 7.43. The fraction of sp³-hybridized carbons (Fsp3) is 0.720. The van der Waals surface area contributed by atoms with Gasteiger partial charge in [-0.25, -0.2) is 0 Å². The van der Waals surface area contributed by atoms with E-state index < -0.39 is 5.60 Å². The molecule has 4 heteroatoms. The lowest BCUT2D eigenvalue weighted by atomic mass is 9.47. The number of hydrogen-bond acceptors (Lipinski definition) is 4. The fourth-order valence-electron chi connectivity index (χ4n) is 7.43. The molecule has 0 aromatic rings. The average Bonchev–Trinajstić information content (AvgIpc) is 3.01. The van der Waals surface area contributed by atoms with Crippen molar-refractivity contribution in [1.82, 2.24) is 0 Å². The van der Waals surface area contributed by atoms with Crippen LogP contribution >= 0.6 is 0 Å². The van der Waals surface area contributed by atoms with Crippen molar-refractivity contribution in [2.24, 2.45) is 28.6 Å². The molecule has 4 nitrogen and oxygen atoms in total. The Morgan fingerprint density at radius 1 is 1.07 bits per heavy atom. The molecule has 0 aliphatic heterocycles. The number of rotatable bonds is 4. The second-order valence-corrected chi connectivity index (χ2v) is 10.0. The molecular formula is C25H34O4. The highest BCUT2D eigenvalue weighted by Gasteiger charge is 2.68. The first kappa shape index (κ1) is 20.6. The van der Waals surface area contributed by atoms with Gasteiger partial charge in [-0.2, -0.15) is 0 Å². The summed E-state index contributed by atoms with van der Waals surface area (Å²) in [5.41, 5.74) is -0.0307. The molecule has 0 bridgehead atoms. The van der Waals surface area contributed by atoms with Gasteiger partial charge in [0.25, 0.3) is 0 Å². The van der Waals surface area contributed by atoms with E-state index in [1.54, 1.807) is 13.0 Å². The first-order valence-corrected chi connectivity index (χ1v) is 11.4. The molecule has 0 saturated heterocycles.